The smallest absolute Gasteiger partial charge is 0.295 e. The van der Waals surface area contributed by atoms with Crippen molar-refractivity contribution in [2.75, 3.05) is 0 Å². The van der Waals surface area contributed by atoms with E-state index >= 15 is 0 Å². The van der Waals surface area contributed by atoms with Crippen LogP contribution in [0, 0.1) is 0 Å². The lowest BCUT2D eigenvalue weighted by molar-refractivity contribution is 0.466. The van der Waals surface area contributed by atoms with Gasteiger partial charge in [-0.3, -0.25) is 9.11 Å². The molecule has 1 aromatic carbocycles. The van der Waals surface area contributed by atoms with Crippen LogP contribution < -0.4 is 12.3 Å². The van der Waals surface area contributed by atoms with Crippen LogP contribution in [-0.4, -0.2) is 25.9 Å². The largest absolute Gasteiger partial charge is 0.344 e. The van der Waals surface area contributed by atoms with Crippen molar-refractivity contribution in [1.29, 1.82) is 0 Å². The number of benzene rings is 1. The monoisotopic (exact) mass is 272 g/mol. The van der Waals surface area contributed by atoms with Crippen molar-refractivity contribution in [3.63, 3.8) is 0 Å². The van der Waals surface area contributed by atoms with Crippen molar-refractivity contribution in [2.45, 2.75) is 9.79 Å². The van der Waals surface area contributed by atoms with E-state index in [0.29, 0.717) is 0 Å². The van der Waals surface area contributed by atoms with E-state index in [-0.39, 0.29) is 12.3 Å². The Morgan fingerprint density at radius 3 is 1.19 bits per heavy atom. The molecule has 94 valence electrons. The van der Waals surface area contributed by atoms with Crippen LogP contribution in [0.2, 0.25) is 0 Å². The second kappa shape index (κ2) is 5.34. The van der Waals surface area contributed by atoms with Gasteiger partial charge in [0.15, 0.2) is 0 Å². The molecule has 0 aliphatic heterocycles. The molecule has 8 N–H and O–H groups in total. The fourth-order valence-corrected chi connectivity index (χ4v) is 2.65. The van der Waals surface area contributed by atoms with Gasteiger partial charge in [-0.2, -0.15) is 16.8 Å². The Hall–Kier alpha value is -1.04. The summed E-state index contributed by atoms with van der Waals surface area (Å²) in [7, 11) is -9.31. The Morgan fingerprint density at radius 1 is 0.750 bits per heavy atom. The zero-order chi connectivity index (χ0) is 11.0. The third-order valence-corrected chi connectivity index (χ3v) is 3.36. The quantitative estimate of drug-likeness (QED) is 0.561. The van der Waals surface area contributed by atoms with Gasteiger partial charge >= 0.3 is 0 Å². The Balaban J connectivity index is 0. The lowest BCUT2D eigenvalue weighted by Gasteiger charge is -2.02. The van der Waals surface area contributed by atoms with Crippen LogP contribution in [0.15, 0.2) is 34.1 Å². The van der Waals surface area contributed by atoms with Crippen molar-refractivity contribution in [3.8, 4) is 0 Å². The van der Waals surface area contributed by atoms with Gasteiger partial charge in [0.25, 0.3) is 20.2 Å². The van der Waals surface area contributed by atoms with Gasteiger partial charge in [0.2, 0.25) is 0 Å². The molecule has 0 aromatic heterocycles. The van der Waals surface area contributed by atoms with Gasteiger partial charge in [0.1, 0.15) is 9.79 Å². The maximum absolute atomic E-state index is 10.7. The molecule has 10 heteroatoms. The first kappa shape index (κ1) is 17.4. The highest BCUT2D eigenvalue weighted by atomic mass is 32.2. The summed E-state index contributed by atoms with van der Waals surface area (Å²) in [5.41, 5.74) is 0. The summed E-state index contributed by atoms with van der Waals surface area (Å²) < 4.78 is 60.0. The molecular weight excluding hydrogens is 260 g/mol. The zero-order valence-electron chi connectivity index (χ0n) is 8.07. The van der Waals surface area contributed by atoms with Crippen molar-refractivity contribution >= 4 is 20.2 Å². The van der Waals surface area contributed by atoms with Crippen molar-refractivity contribution < 1.29 is 25.9 Å². The van der Waals surface area contributed by atoms with E-state index in [1.807, 2.05) is 0 Å². The maximum atomic E-state index is 10.7. The molecule has 8 nitrogen and oxygen atoms in total. The lowest BCUT2D eigenvalue weighted by atomic mass is 10.4. The maximum Gasteiger partial charge on any atom is 0.295 e. The second-order valence-corrected chi connectivity index (χ2v) is 5.18. The van der Waals surface area contributed by atoms with Crippen molar-refractivity contribution in [1.82, 2.24) is 12.3 Å². The van der Waals surface area contributed by atoms with Crippen LogP contribution in [0.25, 0.3) is 0 Å². The number of hydrogen-bond acceptors (Lipinski definition) is 6. The van der Waals surface area contributed by atoms with Gasteiger partial charge in [-0.1, -0.05) is 12.1 Å². The molecule has 0 heterocycles. The molecule has 0 aliphatic carbocycles. The first-order valence-electron chi connectivity index (χ1n) is 3.27. The van der Waals surface area contributed by atoms with Gasteiger partial charge in [0.05, 0.1) is 0 Å². The first-order valence-corrected chi connectivity index (χ1v) is 6.15. The van der Waals surface area contributed by atoms with Gasteiger partial charge < -0.3 is 12.3 Å². The predicted octanol–water partition coefficient (Wildman–Crippen LogP) is 0.504. The highest BCUT2D eigenvalue weighted by molar-refractivity contribution is 7.89. The summed E-state index contributed by atoms with van der Waals surface area (Å²) in [6.45, 7) is 0. The SMILES string of the molecule is N.N.O=S(=O)(O)c1ccccc1S(=O)(=O)O. The summed E-state index contributed by atoms with van der Waals surface area (Å²) in [5.74, 6) is 0. The molecule has 0 saturated heterocycles. The van der Waals surface area contributed by atoms with Crippen LogP contribution in [0.3, 0.4) is 0 Å². The molecule has 0 bridgehead atoms. The molecule has 0 atom stereocenters. The third kappa shape index (κ3) is 3.84. The molecule has 0 spiro atoms. The molecule has 0 aliphatic rings. The van der Waals surface area contributed by atoms with E-state index < -0.39 is 30.0 Å². The minimum Gasteiger partial charge on any atom is -0.344 e. The minimum absolute atomic E-state index is 0. The Bertz CT molecular complexity index is 499. The van der Waals surface area contributed by atoms with Crippen LogP contribution in [0.5, 0.6) is 0 Å². The van der Waals surface area contributed by atoms with Crippen molar-refractivity contribution in [2.24, 2.45) is 0 Å². The Labute approximate surface area is 93.0 Å². The summed E-state index contributed by atoms with van der Waals surface area (Å²) in [6.07, 6.45) is 0. The fourth-order valence-electron chi connectivity index (χ4n) is 0.876. The number of hydrogen-bond donors (Lipinski definition) is 4. The van der Waals surface area contributed by atoms with Gasteiger partial charge in [-0.25, -0.2) is 0 Å². The van der Waals surface area contributed by atoms with Crippen LogP contribution in [0.4, 0.5) is 0 Å². The lowest BCUT2D eigenvalue weighted by Crippen LogP contribution is -2.07. The normalized spacial score (nSPS) is 11.1. The standard InChI is InChI=1S/C6H6O6S2.2H3N/c7-13(8,9)5-3-1-2-4-6(5)14(10,11)12;;/h1-4H,(H,7,8,9)(H,10,11,12);2*1H3. The zero-order valence-corrected chi connectivity index (χ0v) is 9.70. The van der Waals surface area contributed by atoms with E-state index in [4.69, 9.17) is 9.11 Å². The highest BCUT2D eigenvalue weighted by Gasteiger charge is 2.22. The molecule has 0 saturated carbocycles. The summed E-state index contributed by atoms with van der Waals surface area (Å²) in [5, 5.41) is 0. The highest BCUT2D eigenvalue weighted by Crippen LogP contribution is 2.19. The van der Waals surface area contributed by atoms with Crippen LogP contribution in [-0.2, 0) is 20.2 Å². The van der Waals surface area contributed by atoms with E-state index in [0.717, 1.165) is 12.1 Å². The average Bonchev–Trinajstić information content (AvgIpc) is 2.01. The van der Waals surface area contributed by atoms with Gasteiger partial charge in [-0.05, 0) is 12.1 Å². The molecule has 16 heavy (non-hydrogen) atoms. The second-order valence-electron chi connectivity index (χ2n) is 2.40. The topological polar surface area (TPSA) is 179 Å². The summed E-state index contributed by atoms with van der Waals surface area (Å²) >= 11 is 0. The summed E-state index contributed by atoms with van der Waals surface area (Å²) in [6, 6.07) is 4.19. The third-order valence-electron chi connectivity index (χ3n) is 1.40. The molecule has 1 aromatic rings. The number of rotatable bonds is 2. The molecule has 0 fully saturated rings. The molecular formula is C6H12N2O6S2. The fraction of sp³-hybridized carbons (Fsp3) is 0. The average molecular weight is 272 g/mol. The van der Waals surface area contributed by atoms with E-state index in [1.54, 1.807) is 0 Å². The van der Waals surface area contributed by atoms with E-state index in [2.05, 4.69) is 0 Å². The molecule has 1 rings (SSSR count). The minimum atomic E-state index is -4.66. The Morgan fingerprint density at radius 2 is 1.00 bits per heavy atom. The molecule has 0 amide bonds. The Kier molecular flexibility index (Phi) is 5.79. The van der Waals surface area contributed by atoms with Gasteiger partial charge in [-0.15, -0.1) is 0 Å². The molecule has 0 unspecified atom stereocenters. The van der Waals surface area contributed by atoms with Crippen LogP contribution in [0.1, 0.15) is 0 Å². The van der Waals surface area contributed by atoms with Gasteiger partial charge in [0, 0.05) is 0 Å². The van der Waals surface area contributed by atoms with Crippen LogP contribution >= 0.6 is 0 Å². The molecule has 0 radical (unpaired) electrons. The van der Waals surface area contributed by atoms with E-state index in [9.17, 15) is 16.8 Å². The van der Waals surface area contributed by atoms with Crippen molar-refractivity contribution in [3.05, 3.63) is 24.3 Å². The first-order chi connectivity index (χ1) is 6.23. The predicted molar refractivity (Wildman–Crippen MR) is 56.1 cm³/mol. The summed E-state index contributed by atoms with van der Waals surface area (Å²) in [4.78, 5) is -1.69. The van der Waals surface area contributed by atoms with E-state index in [1.165, 1.54) is 12.1 Å².